The van der Waals surface area contributed by atoms with E-state index in [1.807, 2.05) is 31.3 Å². The maximum absolute atomic E-state index is 11.8. The predicted octanol–water partition coefficient (Wildman–Crippen LogP) is 0.600. The van der Waals surface area contributed by atoms with Crippen LogP contribution in [0.1, 0.15) is 12.8 Å². The summed E-state index contributed by atoms with van der Waals surface area (Å²) in [5.74, 6) is -0.0178. The van der Waals surface area contributed by atoms with E-state index in [-0.39, 0.29) is 5.91 Å². The summed E-state index contributed by atoms with van der Waals surface area (Å²) >= 11 is 0. The molecule has 0 radical (unpaired) electrons. The monoisotopic (exact) mass is 260 g/mol. The SMILES string of the molecule is CNCCCC(=O)Nc1ccccc1-n1cnnn1. The second-order valence-electron chi connectivity index (χ2n) is 4.03. The van der Waals surface area contributed by atoms with Crippen molar-refractivity contribution in [1.82, 2.24) is 25.5 Å². The van der Waals surface area contributed by atoms with E-state index < -0.39 is 0 Å². The molecule has 2 aromatic rings. The van der Waals surface area contributed by atoms with E-state index in [4.69, 9.17) is 0 Å². The van der Waals surface area contributed by atoms with Crippen LogP contribution >= 0.6 is 0 Å². The number of tetrazole rings is 1. The van der Waals surface area contributed by atoms with E-state index >= 15 is 0 Å². The summed E-state index contributed by atoms with van der Waals surface area (Å²) < 4.78 is 1.52. The average molecular weight is 260 g/mol. The van der Waals surface area contributed by atoms with Gasteiger partial charge in [-0.15, -0.1) is 5.10 Å². The van der Waals surface area contributed by atoms with E-state index in [0.29, 0.717) is 12.1 Å². The molecule has 0 aliphatic carbocycles. The molecule has 100 valence electrons. The van der Waals surface area contributed by atoms with Gasteiger partial charge in [0.05, 0.1) is 11.4 Å². The largest absolute Gasteiger partial charge is 0.324 e. The lowest BCUT2D eigenvalue weighted by molar-refractivity contribution is -0.116. The Kier molecular flexibility index (Phi) is 4.57. The number of amides is 1. The number of carbonyl (C=O) groups excluding carboxylic acids is 1. The number of anilines is 1. The summed E-state index contributed by atoms with van der Waals surface area (Å²) in [4.78, 5) is 11.8. The molecule has 2 N–H and O–H groups in total. The summed E-state index contributed by atoms with van der Waals surface area (Å²) in [7, 11) is 1.87. The van der Waals surface area contributed by atoms with Gasteiger partial charge in [-0.1, -0.05) is 12.1 Å². The highest BCUT2D eigenvalue weighted by Crippen LogP contribution is 2.18. The Morgan fingerprint density at radius 1 is 1.37 bits per heavy atom. The first-order valence-corrected chi connectivity index (χ1v) is 6.08. The Labute approximate surface area is 111 Å². The van der Waals surface area contributed by atoms with Crippen molar-refractivity contribution in [2.24, 2.45) is 0 Å². The normalized spacial score (nSPS) is 10.4. The smallest absolute Gasteiger partial charge is 0.224 e. The van der Waals surface area contributed by atoms with Crippen LogP contribution in [-0.2, 0) is 4.79 Å². The average Bonchev–Trinajstić information content (AvgIpc) is 2.93. The van der Waals surface area contributed by atoms with Gasteiger partial charge in [-0.3, -0.25) is 4.79 Å². The topological polar surface area (TPSA) is 84.7 Å². The van der Waals surface area contributed by atoms with E-state index in [0.717, 1.165) is 18.7 Å². The van der Waals surface area contributed by atoms with Gasteiger partial charge in [0.1, 0.15) is 6.33 Å². The molecule has 0 aliphatic heterocycles. The maximum Gasteiger partial charge on any atom is 0.224 e. The minimum atomic E-state index is -0.0178. The molecular weight excluding hydrogens is 244 g/mol. The van der Waals surface area contributed by atoms with Crippen molar-refractivity contribution in [3.05, 3.63) is 30.6 Å². The zero-order valence-electron chi connectivity index (χ0n) is 10.7. The Hall–Kier alpha value is -2.28. The molecule has 7 nitrogen and oxygen atoms in total. The minimum absolute atomic E-state index is 0.0178. The van der Waals surface area contributed by atoms with Gasteiger partial charge in [0.15, 0.2) is 0 Å². The summed E-state index contributed by atoms with van der Waals surface area (Å²) in [5, 5.41) is 16.9. The van der Waals surface area contributed by atoms with Crippen LogP contribution in [0, 0.1) is 0 Å². The summed E-state index contributed by atoms with van der Waals surface area (Å²) in [6, 6.07) is 7.40. The molecule has 0 unspecified atom stereocenters. The van der Waals surface area contributed by atoms with E-state index in [1.165, 1.54) is 11.0 Å². The maximum atomic E-state index is 11.8. The molecule has 7 heteroatoms. The lowest BCUT2D eigenvalue weighted by Gasteiger charge is -2.09. The van der Waals surface area contributed by atoms with E-state index in [2.05, 4.69) is 26.2 Å². The van der Waals surface area contributed by atoms with Gasteiger partial charge in [0.2, 0.25) is 5.91 Å². The zero-order valence-corrected chi connectivity index (χ0v) is 10.7. The molecule has 0 fully saturated rings. The third kappa shape index (κ3) is 3.59. The number of hydrogen-bond donors (Lipinski definition) is 2. The highest BCUT2D eigenvalue weighted by Gasteiger charge is 2.08. The predicted molar refractivity (Wildman–Crippen MR) is 70.9 cm³/mol. The number of hydrogen-bond acceptors (Lipinski definition) is 5. The molecule has 2 rings (SSSR count). The van der Waals surface area contributed by atoms with Crippen molar-refractivity contribution in [1.29, 1.82) is 0 Å². The number of nitrogens with zero attached hydrogens (tertiary/aromatic N) is 4. The number of rotatable bonds is 6. The van der Waals surface area contributed by atoms with Gasteiger partial charge in [-0.25, -0.2) is 0 Å². The molecule has 1 aromatic heterocycles. The second-order valence-corrected chi connectivity index (χ2v) is 4.03. The molecule has 0 aliphatic rings. The van der Waals surface area contributed by atoms with Crippen LogP contribution < -0.4 is 10.6 Å². The first kappa shape index (κ1) is 13.2. The quantitative estimate of drug-likeness (QED) is 0.743. The zero-order chi connectivity index (χ0) is 13.5. The minimum Gasteiger partial charge on any atom is -0.324 e. The van der Waals surface area contributed by atoms with Crippen LogP contribution in [0.25, 0.3) is 5.69 Å². The van der Waals surface area contributed by atoms with Crippen LogP contribution in [0.15, 0.2) is 30.6 Å². The van der Waals surface area contributed by atoms with E-state index in [1.54, 1.807) is 0 Å². The van der Waals surface area contributed by atoms with Gasteiger partial charge < -0.3 is 10.6 Å². The van der Waals surface area contributed by atoms with Crippen molar-refractivity contribution < 1.29 is 4.79 Å². The van der Waals surface area contributed by atoms with Gasteiger partial charge in [0, 0.05) is 6.42 Å². The molecule has 0 saturated carbocycles. The van der Waals surface area contributed by atoms with Crippen molar-refractivity contribution in [3.63, 3.8) is 0 Å². The summed E-state index contributed by atoms with van der Waals surface area (Å²) in [6.07, 6.45) is 2.77. The molecule has 0 atom stereocenters. The van der Waals surface area contributed by atoms with Crippen LogP contribution in [0.3, 0.4) is 0 Å². The number of aromatic nitrogens is 4. The first-order chi connectivity index (χ1) is 9.31. The summed E-state index contributed by atoms with van der Waals surface area (Å²) in [5.41, 5.74) is 1.44. The van der Waals surface area contributed by atoms with E-state index in [9.17, 15) is 4.79 Å². The fourth-order valence-electron chi connectivity index (χ4n) is 1.69. The van der Waals surface area contributed by atoms with Crippen molar-refractivity contribution in [2.75, 3.05) is 18.9 Å². The number of para-hydroxylation sites is 2. The Balaban J connectivity index is 2.06. The van der Waals surface area contributed by atoms with Gasteiger partial charge in [-0.05, 0) is 42.6 Å². The highest BCUT2D eigenvalue weighted by molar-refractivity contribution is 5.92. The summed E-state index contributed by atoms with van der Waals surface area (Å²) in [6.45, 7) is 0.821. The fraction of sp³-hybridized carbons (Fsp3) is 0.333. The van der Waals surface area contributed by atoms with Crippen LogP contribution in [0.4, 0.5) is 5.69 Å². The van der Waals surface area contributed by atoms with Crippen LogP contribution in [0.5, 0.6) is 0 Å². The fourth-order valence-corrected chi connectivity index (χ4v) is 1.69. The lowest BCUT2D eigenvalue weighted by Crippen LogP contribution is -2.16. The van der Waals surface area contributed by atoms with Crippen LogP contribution in [-0.4, -0.2) is 39.7 Å². The first-order valence-electron chi connectivity index (χ1n) is 6.08. The molecule has 19 heavy (non-hydrogen) atoms. The van der Waals surface area contributed by atoms with Gasteiger partial charge >= 0.3 is 0 Å². The molecule has 1 heterocycles. The Morgan fingerprint density at radius 3 is 2.95 bits per heavy atom. The van der Waals surface area contributed by atoms with Crippen molar-refractivity contribution >= 4 is 11.6 Å². The Bertz CT molecular complexity index is 525. The third-order valence-electron chi connectivity index (χ3n) is 2.60. The molecule has 1 amide bonds. The van der Waals surface area contributed by atoms with Gasteiger partial charge in [0.25, 0.3) is 0 Å². The van der Waals surface area contributed by atoms with Crippen molar-refractivity contribution in [2.45, 2.75) is 12.8 Å². The molecular formula is C12H16N6O. The number of benzene rings is 1. The van der Waals surface area contributed by atoms with Crippen molar-refractivity contribution in [3.8, 4) is 5.69 Å². The third-order valence-corrected chi connectivity index (χ3v) is 2.60. The van der Waals surface area contributed by atoms with Gasteiger partial charge in [-0.2, -0.15) is 4.68 Å². The molecule has 0 saturated heterocycles. The molecule has 1 aromatic carbocycles. The second kappa shape index (κ2) is 6.60. The lowest BCUT2D eigenvalue weighted by atomic mass is 10.2. The number of carbonyl (C=O) groups is 1. The number of nitrogens with one attached hydrogen (secondary N) is 2. The Morgan fingerprint density at radius 2 is 2.21 bits per heavy atom. The molecule has 0 spiro atoms. The molecule has 0 bridgehead atoms. The standard InChI is InChI=1S/C12H16N6O/c1-13-8-4-7-12(19)15-10-5-2-3-6-11(10)18-9-14-16-17-18/h2-3,5-6,9,13H,4,7-8H2,1H3,(H,15,19). The van der Waals surface area contributed by atoms with Crippen LogP contribution in [0.2, 0.25) is 0 Å². The highest BCUT2D eigenvalue weighted by atomic mass is 16.1.